The van der Waals surface area contributed by atoms with Crippen LogP contribution >= 0.6 is 11.9 Å². The van der Waals surface area contributed by atoms with E-state index in [1.807, 2.05) is 28.4 Å². The monoisotopic (exact) mass is 327 g/mol. The lowest BCUT2D eigenvalue weighted by Crippen LogP contribution is -1.96. The van der Waals surface area contributed by atoms with Gasteiger partial charge in [-0.2, -0.15) is 0 Å². The molecule has 3 aromatic rings. The summed E-state index contributed by atoms with van der Waals surface area (Å²) in [6.45, 7) is 0. The number of aromatic nitrogens is 2. The van der Waals surface area contributed by atoms with Crippen LogP contribution in [0.4, 0.5) is 5.69 Å². The first-order chi connectivity index (χ1) is 11.2. The summed E-state index contributed by atoms with van der Waals surface area (Å²) in [4.78, 5) is 26.7. The number of carboxylic acids is 1. The average molecular weight is 327 g/mol. The molecule has 2 heterocycles. The molecule has 23 heavy (non-hydrogen) atoms. The van der Waals surface area contributed by atoms with Crippen LogP contribution in [0.5, 0.6) is 0 Å². The highest BCUT2D eigenvalue weighted by Crippen LogP contribution is 2.32. The molecule has 7 heteroatoms. The van der Waals surface area contributed by atoms with Crippen LogP contribution in [0.25, 0.3) is 10.9 Å². The number of hydrogen-bond donors (Lipinski definition) is 1. The Balaban J connectivity index is 2.03. The van der Waals surface area contributed by atoms with E-state index >= 15 is 0 Å². The lowest BCUT2D eigenvalue weighted by molar-refractivity contribution is -0.136. The third-order valence-corrected chi connectivity index (χ3v) is 4.34. The number of fused-ring (bicyclic) bond motifs is 1. The zero-order chi connectivity index (χ0) is 16.2. The molecule has 2 aromatic heterocycles. The van der Waals surface area contributed by atoms with Crippen LogP contribution in [0.3, 0.4) is 0 Å². The molecular formula is C16H13N3O3S. The molecule has 0 bridgehead atoms. The number of pyridine rings is 1. The first-order valence-electron chi connectivity index (χ1n) is 6.95. The van der Waals surface area contributed by atoms with Crippen molar-refractivity contribution in [3.63, 3.8) is 0 Å². The Morgan fingerprint density at radius 3 is 2.91 bits per heavy atom. The van der Waals surface area contributed by atoms with Gasteiger partial charge in [-0.1, -0.05) is 0 Å². The Kier molecular flexibility index (Phi) is 4.38. The van der Waals surface area contributed by atoms with Crippen molar-refractivity contribution < 1.29 is 9.90 Å². The van der Waals surface area contributed by atoms with Crippen molar-refractivity contribution in [3.05, 3.63) is 59.4 Å². The Morgan fingerprint density at radius 1 is 1.35 bits per heavy atom. The van der Waals surface area contributed by atoms with Crippen molar-refractivity contribution in [2.24, 2.45) is 5.18 Å². The van der Waals surface area contributed by atoms with Gasteiger partial charge in [-0.3, -0.25) is 13.8 Å². The van der Waals surface area contributed by atoms with Crippen molar-refractivity contribution >= 4 is 34.5 Å². The van der Waals surface area contributed by atoms with Gasteiger partial charge in [0.1, 0.15) is 5.69 Å². The molecule has 0 unspecified atom stereocenters. The van der Waals surface area contributed by atoms with E-state index in [0.717, 1.165) is 21.4 Å². The molecule has 0 radical (unpaired) electrons. The number of benzene rings is 1. The zero-order valence-corrected chi connectivity index (χ0v) is 12.9. The van der Waals surface area contributed by atoms with Gasteiger partial charge in [0.2, 0.25) is 0 Å². The van der Waals surface area contributed by atoms with Gasteiger partial charge >= 0.3 is 5.97 Å². The number of hydrogen-bond acceptors (Lipinski definition) is 5. The number of aliphatic carboxylic acids is 1. The maximum Gasteiger partial charge on any atom is 0.303 e. The summed E-state index contributed by atoms with van der Waals surface area (Å²) in [6, 6.07) is 8.96. The molecule has 0 spiro atoms. The maximum atomic E-state index is 10.8. The summed E-state index contributed by atoms with van der Waals surface area (Å²) < 4.78 is 1.96. The fraction of sp³-hybridized carbons (Fsp3) is 0.125. The molecule has 0 fully saturated rings. The predicted octanol–water partition coefficient (Wildman–Crippen LogP) is 4.01. The summed E-state index contributed by atoms with van der Waals surface area (Å²) >= 11 is 1.48. The molecular weight excluding hydrogens is 314 g/mol. The summed E-state index contributed by atoms with van der Waals surface area (Å²) in [5.74, 6) is -0.851. The van der Waals surface area contributed by atoms with E-state index in [2.05, 4.69) is 10.2 Å². The Morgan fingerprint density at radius 2 is 2.22 bits per heavy atom. The number of carboxylic acid groups (broad SMARTS) is 1. The number of carbonyl (C=O) groups is 1. The summed E-state index contributed by atoms with van der Waals surface area (Å²) in [5.41, 5.74) is 2.12. The molecule has 0 atom stereocenters. The molecule has 0 saturated heterocycles. The fourth-order valence-corrected chi connectivity index (χ4v) is 3.25. The standard InChI is InChI=1S/C16H13N3O3S/c20-16(21)6-3-11-10-19(23-13-2-1-7-17-9-13)15-5-4-12(18-22)8-14(11)15/h1-2,4-5,7-10H,3,6H2,(H,20,21). The van der Waals surface area contributed by atoms with E-state index in [1.54, 1.807) is 24.5 Å². The quantitative estimate of drug-likeness (QED) is 0.692. The molecule has 0 aliphatic heterocycles. The molecule has 1 N–H and O–H groups in total. The second-order valence-corrected chi connectivity index (χ2v) is 5.99. The lowest BCUT2D eigenvalue weighted by atomic mass is 10.1. The number of nitrogens with zero attached hydrogens (tertiary/aromatic N) is 3. The largest absolute Gasteiger partial charge is 0.481 e. The van der Waals surface area contributed by atoms with Crippen molar-refractivity contribution in [1.82, 2.24) is 8.96 Å². The highest BCUT2D eigenvalue weighted by molar-refractivity contribution is 7.98. The van der Waals surface area contributed by atoms with E-state index in [-0.39, 0.29) is 6.42 Å². The van der Waals surface area contributed by atoms with Gasteiger partial charge in [-0.15, -0.1) is 4.91 Å². The second-order valence-electron chi connectivity index (χ2n) is 4.95. The molecule has 3 rings (SSSR count). The summed E-state index contributed by atoms with van der Waals surface area (Å²) in [5, 5.41) is 12.7. The summed E-state index contributed by atoms with van der Waals surface area (Å²) in [6.07, 6.45) is 5.80. The van der Waals surface area contributed by atoms with Gasteiger partial charge < -0.3 is 5.11 Å². The molecule has 0 saturated carbocycles. The minimum Gasteiger partial charge on any atom is -0.481 e. The Hall–Kier alpha value is -2.67. The topological polar surface area (TPSA) is 84.5 Å². The van der Waals surface area contributed by atoms with Crippen LogP contribution in [0.1, 0.15) is 12.0 Å². The van der Waals surface area contributed by atoms with Crippen molar-refractivity contribution in [1.29, 1.82) is 0 Å². The van der Waals surface area contributed by atoms with E-state index in [4.69, 9.17) is 5.11 Å². The van der Waals surface area contributed by atoms with E-state index in [9.17, 15) is 9.70 Å². The van der Waals surface area contributed by atoms with Crippen LogP contribution in [-0.4, -0.2) is 20.0 Å². The smallest absolute Gasteiger partial charge is 0.303 e. The van der Waals surface area contributed by atoms with Crippen molar-refractivity contribution in [3.8, 4) is 0 Å². The number of rotatable bonds is 6. The van der Waals surface area contributed by atoms with Crippen LogP contribution in [-0.2, 0) is 11.2 Å². The van der Waals surface area contributed by atoms with Crippen molar-refractivity contribution in [2.75, 3.05) is 0 Å². The molecule has 0 aliphatic rings. The normalized spacial score (nSPS) is 10.8. The predicted molar refractivity (Wildman–Crippen MR) is 88.8 cm³/mol. The van der Waals surface area contributed by atoms with Crippen LogP contribution in [0, 0.1) is 4.91 Å². The van der Waals surface area contributed by atoms with Crippen LogP contribution < -0.4 is 0 Å². The van der Waals surface area contributed by atoms with Gasteiger partial charge in [-0.25, -0.2) is 0 Å². The molecule has 116 valence electrons. The Bertz CT molecular complexity index is 862. The van der Waals surface area contributed by atoms with Crippen molar-refractivity contribution in [2.45, 2.75) is 17.7 Å². The third kappa shape index (κ3) is 3.40. The zero-order valence-electron chi connectivity index (χ0n) is 12.0. The van der Waals surface area contributed by atoms with E-state index in [1.165, 1.54) is 11.9 Å². The van der Waals surface area contributed by atoms with E-state index < -0.39 is 5.97 Å². The average Bonchev–Trinajstić information content (AvgIpc) is 2.91. The second kappa shape index (κ2) is 6.62. The minimum atomic E-state index is -0.851. The minimum absolute atomic E-state index is 0.0371. The first-order valence-corrected chi connectivity index (χ1v) is 7.72. The van der Waals surface area contributed by atoms with Gasteiger partial charge in [0.05, 0.1) is 5.52 Å². The summed E-state index contributed by atoms with van der Waals surface area (Å²) in [7, 11) is 0. The van der Waals surface area contributed by atoms with Gasteiger partial charge in [0.15, 0.2) is 0 Å². The Labute approximate surface area is 136 Å². The molecule has 0 aliphatic carbocycles. The molecule has 1 aromatic carbocycles. The van der Waals surface area contributed by atoms with Gasteiger partial charge in [-0.05, 0) is 59.4 Å². The molecule has 0 amide bonds. The lowest BCUT2D eigenvalue weighted by Gasteiger charge is -2.03. The van der Waals surface area contributed by atoms with Gasteiger partial charge in [0.25, 0.3) is 0 Å². The van der Waals surface area contributed by atoms with E-state index in [0.29, 0.717) is 12.1 Å². The SMILES string of the molecule is O=Nc1ccc2c(c1)c(CCC(=O)O)cn2Sc1cccnc1. The number of nitroso groups, excluding NO2 is 1. The van der Waals surface area contributed by atoms with Gasteiger partial charge in [0, 0.05) is 35.3 Å². The maximum absolute atomic E-state index is 10.8. The van der Waals surface area contributed by atoms with Crippen LogP contribution in [0.2, 0.25) is 0 Å². The number of aryl methyl sites for hydroxylation is 1. The molecule has 6 nitrogen and oxygen atoms in total. The first kappa shape index (κ1) is 15.2. The third-order valence-electron chi connectivity index (χ3n) is 3.39. The fourth-order valence-electron chi connectivity index (χ4n) is 2.34. The highest BCUT2D eigenvalue weighted by Gasteiger charge is 2.12. The van der Waals surface area contributed by atoms with Crippen LogP contribution in [0.15, 0.2) is 59.0 Å². The highest BCUT2D eigenvalue weighted by atomic mass is 32.2.